The predicted molar refractivity (Wildman–Crippen MR) is 123 cm³/mol. The van der Waals surface area contributed by atoms with Crippen LogP contribution in [0.2, 0.25) is 0 Å². The second-order valence-corrected chi connectivity index (χ2v) is 7.02. The molecule has 0 aliphatic heterocycles. The summed E-state index contributed by atoms with van der Waals surface area (Å²) >= 11 is 0. The van der Waals surface area contributed by atoms with Crippen LogP contribution in [0.4, 0.5) is 10.1 Å². The molecule has 7 nitrogen and oxygen atoms in total. The van der Waals surface area contributed by atoms with Crippen LogP contribution < -0.4 is 14.8 Å². The fourth-order valence-corrected chi connectivity index (χ4v) is 3.21. The van der Waals surface area contributed by atoms with Crippen LogP contribution in [0.15, 0.2) is 72.8 Å². The third kappa shape index (κ3) is 5.17. The average Bonchev–Trinajstić information content (AvgIpc) is 3.27. The molecule has 1 amide bonds. The number of aromatic nitrogens is 3. The van der Waals surface area contributed by atoms with Gasteiger partial charge in [0.2, 0.25) is 5.82 Å². The molecule has 33 heavy (non-hydrogen) atoms. The van der Waals surface area contributed by atoms with Gasteiger partial charge in [-0.25, -0.2) is 14.1 Å². The molecule has 0 atom stereocenters. The van der Waals surface area contributed by atoms with Gasteiger partial charge in [-0.15, -0.1) is 5.10 Å². The highest BCUT2D eigenvalue weighted by Gasteiger charge is 2.19. The molecule has 0 aliphatic carbocycles. The minimum atomic E-state index is -0.466. The maximum atomic E-state index is 13.5. The monoisotopic (exact) mass is 446 g/mol. The van der Waals surface area contributed by atoms with Crippen molar-refractivity contribution in [1.82, 2.24) is 14.8 Å². The summed E-state index contributed by atoms with van der Waals surface area (Å²) in [6.07, 6.45) is 0. The number of carbonyl (C=O) groups excluding carboxylic acids is 1. The Morgan fingerprint density at radius 3 is 2.03 bits per heavy atom. The Morgan fingerprint density at radius 2 is 1.45 bits per heavy atom. The van der Waals surface area contributed by atoms with Gasteiger partial charge in [0.1, 0.15) is 17.3 Å². The Morgan fingerprint density at radius 1 is 0.879 bits per heavy atom. The Balaban J connectivity index is 1.66. The first-order valence-corrected chi connectivity index (χ1v) is 10.6. The zero-order valence-corrected chi connectivity index (χ0v) is 18.3. The molecule has 0 aliphatic rings. The topological polar surface area (TPSA) is 78.3 Å². The highest BCUT2D eigenvalue weighted by molar-refractivity contribution is 6.01. The summed E-state index contributed by atoms with van der Waals surface area (Å²) in [5, 5.41) is 7.23. The molecule has 0 saturated heterocycles. The van der Waals surface area contributed by atoms with Crippen LogP contribution >= 0.6 is 0 Å². The Bertz CT molecular complexity index is 1220. The van der Waals surface area contributed by atoms with Crippen LogP contribution in [0.3, 0.4) is 0 Å². The number of carbonyl (C=O) groups is 1. The van der Waals surface area contributed by atoms with Gasteiger partial charge in [0.05, 0.1) is 18.9 Å². The quantitative estimate of drug-likeness (QED) is 0.406. The molecule has 1 heterocycles. The molecule has 0 bridgehead atoms. The van der Waals surface area contributed by atoms with Crippen molar-refractivity contribution in [2.75, 3.05) is 18.5 Å². The zero-order chi connectivity index (χ0) is 23.2. The largest absolute Gasteiger partial charge is 0.494 e. The molecule has 0 spiro atoms. The number of ether oxygens (including phenoxy) is 2. The van der Waals surface area contributed by atoms with Crippen LogP contribution in [0, 0.1) is 5.82 Å². The van der Waals surface area contributed by atoms with E-state index in [4.69, 9.17) is 9.47 Å². The third-order valence-corrected chi connectivity index (χ3v) is 4.73. The molecule has 8 heteroatoms. The van der Waals surface area contributed by atoms with Crippen LogP contribution in [0.1, 0.15) is 24.5 Å². The summed E-state index contributed by atoms with van der Waals surface area (Å²) in [5.41, 5.74) is 1.90. The number of benzene rings is 3. The van der Waals surface area contributed by atoms with Crippen molar-refractivity contribution in [1.29, 1.82) is 0 Å². The van der Waals surface area contributed by atoms with E-state index in [9.17, 15) is 9.18 Å². The first-order valence-electron chi connectivity index (χ1n) is 10.6. The molecule has 3 aromatic carbocycles. The Kier molecular flexibility index (Phi) is 6.64. The van der Waals surface area contributed by atoms with E-state index in [1.54, 1.807) is 41.1 Å². The standard InChI is InChI=1S/C25H23FN4O3/c1-3-32-21-13-9-19(10-14-21)27-25(31)23-28-24(17-5-7-18(26)8-6-17)30(29-23)20-11-15-22(16-12-20)33-4-2/h5-16H,3-4H2,1-2H3,(H,27,31). The SMILES string of the molecule is CCOc1ccc(NC(=O)c2nc(-c3ccc(F)cc3)n(-c3ccc(OCC)cc3)n2)cc1. The summed E-state index contributed by atoms with van der Waals surface area (Å²) in [7, 11) is 0. The van der Waals surface area contributed by atoms with Gasteiger partial charge in [-0.05, 0) is 86.6 Å². The van der Waals surface area contributed by atoms with Gasteiger partial charge in [0, 0.05) is 11.3 Å². The van der Waals surface area contributed by atoms with Crippen LogP contribution in [0.5, 0.6) is 11.5 Å². The fourth-order valence-electron chi connectivity index (χ4n) is 3.21. The highest BCUT2D eigenvalue weighted by atomic mass is 19.1. The number of hydrogen-bond acceptors (Lipinski definition) is 5. The summed E-state index contributed by atoms with van der Waals surface area (Å²) in [6, 6.07) is 20.2. The van der Waals surface area contributed by atoms with E-state index in [0.29, 0.717) is 41.7 Å². The average molecular weight is 446 g/mol. The Labute approximate surface area is 190 Å². The van der Waals surface area contributed by atoms with E-state index in [1.165, 1.54) is 12.1 Å². The van der Waals surface area contributed by atoms with Gasteiger partial charge in [-0.2, -0.15) is 0 Å². The highest BCUT2D eigenvalue weighted by Crippen LogP contribution is 2.24. The molecule has 0 saturated carbocycles. The van der Waals surface area contributed by atoms with Gasteiger partial charge < -0.3 is 14.8 Å². The van der Waals surface area contributed by atoms with Gasteiger partial charge in [-0.1, -0.05) is 0 Å². The van der Waals surface area contributed by atoms with Gasteiger partial charge in [0.25, 0.3) is 5.91 Å². The first kappa shape index (κ1) is 22.0. The van der Waals surface area contributed by atoms with Crippen molar-refractivity contribution in [3.63, 3.8) is 0 Å². The van der Waals surface area contributed by atoms with Gasteiger partial charge in [0.15, 0.2) is 5.82 Å². The number of nitrogens with one attached hydrogen (secondary N) is 1. The van der Waals surface area contributed by atoms with Crippen molar-refractivity contribution < 1.29 is 18.7 Å². The second-order valence-electron chi connectivity index (χ2n) is 7.02. The first-order chi connectivity index (χ1) is 16.1. The number of amides is 1. The van der Waals surface area contributed by atoms with E-state index in [0.717, 1.165) is 5.75 Å². The van der Waals surface area contributed by atoms with Crippen molar-refractivity contribution in [3.8, 4) is 28.6 Å². The smallest absolute Gasteiger partial charge is 0.295 e. The molecule has 0 fully saturated rings. The lowest BCUT2D eigenvalue weighted by molar-refractivity contribution is 0.101. The molecule has 0 unspecified atom stereocenters. The van der Waals surface area contributed by atoms with E-state index in [2.05, 4.69) is 15.4 Å². The van der Waals surface area contributed by atoms with Crippen LogP contribution in [-0.2, 0) is 0 Å². The molecule has 0 radical (unpaired) electrons. The van der Waals surface area contributed by atoms with Crippen molar-refractivity contribution >= 4 is 11.6 Å². The summed E-state index contributed by atoms with van der Waals surface area (Å²) in [5.74, 6) is 1.00. The lowest BCUT2D eigenvalue weighted by atomic mass is 10.2. The summed E-state index contributed by atoms with van der Waals surface area (Å²) in [6.45, 7) is 4.93. The molecule has 4 rings (SSSR count). The van der Waals surface area contributed by atoms with Crippen molar-refractivity contribution in [2.24, 2.45) is 0 Å². The summed E-state index contributed by atoms with van der Waals surface area (Å²) in [4.78, 5) is 17.3. The molecular weight excluding hydrogens is 423 g/mol. The second kappa shape index (κ2) is 9.95. The Hall–Kier alpha value is -4.20. The van der Waals surface area contributed by atoms with E-state index >= 15 is 0 Å². The minimum absolute atomic E-state index is 0.0166. The predicted octanol–water partition coefficient (Wildman–Crippen LogP) is 5.12. The number of hydrogen-bond donors (Lipinski definition) is 1. The zero-order valence-electron chi connectivity index (χ0n) is 18.3. The molecule has 168 valence electrons. The number of nitrogens with zero attached hydrogens (tertiary/aromatic N) is 3. The molecule has 4 aromatic rings. The van der Waals surface area contributed by atoms with Crippen LogP contribution in [-0.4, -0.2) is 33.9 Å². The van der Waals surface area contributed by atoms with Gasteiger partial charge in [-0.3, -0.25) is 4.79 Å². The number of rotatable bonds is 8. The van der Waals surface area contributed by atoms with E-state index in [-0.39, 0.29) is 11.6 Å². The third-order valence-electron chi connectivity index (χ3n) is 4.73. The van der Waals surface area contributed by atoms with E-state index < -0.39 is 5.91 Å². The molecular formula is C25H23FN4O3. The normalized spacial score (nSPS) is 10.6. The fraction of sp³-hybridized carbons (Fsp3) is 0.160. The molecule has 1 N–H and O–H groups in total. The number of halogens is 1. The van der Waals surface area contributed by atoms with Crippen molar-refractivity contribution in [2.45, 2.75) is 13.8 Å². The van der Waals surface area contributed by atoms with Crippen LogP contribution in [0.25, 0.3) is 17.1 Å². The van der Waals surface area contributed by atoms with Gasteiger partial charge >= 0.3 is 0 Å². The van der Waals surface area contributed by atoms with E-state index in [1.807, 2.05) is 38.1 Å². The molecule has 1 aromatic heterocycles. The minimum Gasteiger partial charge on any atom is -0.494 e. The van der Waals surface area contributed by atoms with Crippen molar-refractivity contribution in [3.05, 3.63) is 84.4 Å². The lowest BCUT2D eigenvalue weighted by Crippen LogP contribution is -2.14. The maximum Gasteiger partial charge on any atom is 0.295 e. The maximum absolute atomic E-state index is 13.5. The number of anilines is 1. The summed E-state index contributed by atoms with van der Waals surface area (Å²) < 4.78 is 25.9. The lowest BCUT2D eigenvalue weighted by Gasteiger charge is -2.08.